The van der Waals surface area contributed by atoms with Gasteiger partial charge in [-0.25, -0.2) is 4.79 Å². The predicted octanol–water partition coefficient (Wildman–Crippen LogP) is 2.87. The second-order valence-corrected chi connectivity index (χ2v) is 7.45. The molecule has 2 rings (SSSR count). The van der Waals surface area contributed by atoms with Gasteiger partial charge in [0, 0.05) is 18.9 Å². The first-order valence-corrected chi connectivity index (χ1v) is 9.66. The largest absolute Gasteiger partial charge is 0.466 e. The summed E-state index contributed by atoms with van der Waals surface area (Å²) in [6.07, 6.45) is 3.35. The zero-order chi connectivity index (χ0) is 20.9. The average molecular weight is 394 g/mol. The third kappa shape index (κ3) is 5.22. The number of rotatable bonds is 6. The first-order valence-electron chi connectivity index (χ1n) is 9.66. The lowest BCUT2D eigenvalue weighted by molar-refractivity contribution is -0.156. The average Bonchev–Trinajstić information content (AvgIpc) is 3.37. The third-order valence-electron chi connectivity index (χ3n) is 5.42. The van der Waals surface area contributed by atoms with Gasteiger partial charge < -0.3 is 18.9 Å². The molecule has 1 heterocycles. The monoisotopic (exact) mass is 394 g/mol. The Morgan fingerprint density at radius 3 is 2.61 bits per heavy atom. The molecule has 0 aromatic rings. The van der Waals surface area contributed by atoms with Crippen LogP contribution in [0.15, 0.2) is 23.8 Å². The fourth-order valence-electron chi connectivity index (χ4n) is 3.63. The van der Waals surface area contributed by atoms with Gasteiger partial charge in [-0.2, -0.15) is 0 Å². The predicted molar refractivity (Wildman–Crippen MR) is 101 cm³/mol. The van der Waals surface area contributed by atoms with Crippen LogP contribution in [0.2, 0.25) is 0 Å². The Balaban J connectivity index is 2.33. The summed E-state index contributed by atoms with van der Waals surface area (Å²) in [5.41, 5.74) is 0.619. The maximum absolute atomic E-state index is 12.1. The first kappa shape index (κ1) is 22.1. The lowest BCUT2D eigenvalue weighted by atomic mass is 9.83. The van der Waals surface area contributed by atoms with Gasteiger partial charge in [0.05, 0.1) is 13.2 Å². The molecule has 0 bridgehead atoms. The van der Waals surface area contributed by atoms with Crippen molar-refractivity contribution in [1.82, 2.24) is 0 Å². The Labute approximate surface area is 166 Å². The summed E-state index contributed by atoms with van der Waals surface area (Å²) in [6, 6.07) is 0. The molecule has 0 N–H and O–H groups in total. The lowest BCUT2D eigenvalue weighted by Crippen LogP contribution is -2.42. The number of epoxide rings is 1. The number of hydrogen-bond acceptors (Lipinski definition) is 7. The quantitative estimate of drug-likeness (QED) is 0.296. The summed E-state index contributed by atoms with van der Waals surface area (Å²) < 4.78 is 21.8. The summed E-state index contributed by atoms with van der Waals surface area (Å²) in [5, 5.41) is 0. The van der Waals surface area contributed by atoms with Crippen LogP contribution >= 0.6 is 0 Å². The number of esters is 3. The third-order valence-corrected chi connectivity index (χ3v) is 5.42. The molecule has 0 spiro atoms. The molecule has 7 nitrogen and oxygen atoms in total. The van der Waals surface area contributed by atoms with Crippen LogP contribution in [0.1, 0.15) is 52.9 Å². The number of hydrogen-bond donors (Lipinski definition) is 0. The van der Waals surface area contributed by atoms with E-state index >= 15 is 0 Å². The van der Waals surface area contributed by atoms with Gasteiger partial charge in [0.15, 0.2) is 5.60 Å². The highest BCUT2D eigenvalue weighted by molar-refractivity contribution is 5.88. The van der Waals surface area contributed by atoms with Gasteiger partial charge in [-0.3, -0.25) is 9.59 Å². The topological polar surface area (TPSA) is 91.4 Å². The summed E-state index contributed by atoms with van der Waals surface area (Å²) in [7, 11) is 1.36. The smallest absolute Gasteiger partial charge is 0.333 e. The Hall–Kier alpha value is -2.15. The van der Waals surface area contributed by atoms with Gasteiger partial charge in [-0.1, -0.05) is 25.2 Å². The standard InChI is InChI=1S/C21H30O7/c1-6-19(23)26-12-21-17(28-21)10-9-15(20(24)25-5)7-8-16(13(2)3)11-18(21)27-14(4)22/h7,16-18H,2,6,8-12H2,1,3-5H3/b15-7-/t16-,17+,18-,21-/m0/s1. The fraction of sp³-hybridized carbons (Fsp3) is 0.667. The van der Waals surface area contributed by atoms with Gasteiger partial charge in [0.2, 0.25) is 0 Å². The first-order chi connectivity index (χ1) is 13.2. The van der Waals surface area contributed by atoms with Crippen molar-refractivity contribution in [3.8, 4) is 0 Å². The van der Waals surface area contributed by atoms with Crippen molar-refractivity contribution in [2.45, 2.75) is 70.7 Å². The molecule has 1 aliphatic heterocycles. The van der Waals surface area contributed by atoms with Crippen molar-refractivity contribution in [1.29, 1.82) is 0 Å². The van der Waals surface area contributed by atoms with Gasteiger partial charge in [-0.15, -0.1) is 0 Å². The summed E-state index contributed by atoms with van der Waals surface area (Å²) in [6.45, 7) is 9.04. The highest BCUT2D eigenvalue weighted by Crippen LogP contribution is 2.48. The van der Waals surface area contributed by atoms with Crippen molar-refractivity contribution in [3.05, 3.63) is 23.8 Å². The van der Waals surface area contributed by atoms with Gasteiger partial charge in [0.25, 0.3) is 0 Å². The van der Waals surface area contributed by atoms with Crippen LogP contribution in [0.4, 0.5) is 0 Å². The molecule has 0 saturated carbocycles. The molecule has 0 amide bonds. The zero-order valence-electron chi connectivity index (χ0n) is 17.1. The Bertz CT molecular complexity index is 666. The molecule has 1 aliphatic carbocycles. The van der Waals surface area contributed by atoms with Gasteiger partial charge in [-0.05, 0) is 38.5 Å². The molecule has 1 saturated heterocycles. The van der Waals surface area contributed by atoms with Crippen LogP contribution in [-0.2, 0) is 33.3 Å². The van der Waals surface area contributed by atoms with E-state index in [1.54, 1.807) is 6.92 Å². The van der Waals surface area contributed by atoms with Crippen LogP contribution in [0.3, 0.4) is 0 Å². The molecule has 0 aromatic heterocycles. The van der Waals surface area contributed by atoms with E-state index in [1.165, 1.54) is 14.0 Å². The number of carbonyl (C=O) groups is 3. The van der Waals surface area contributed by atoms with E-state index < -0.39 is 17.7 Å². The highest BCUT2D eigenvalue weighted by atomic mass is 16.7. The second kappa shape index (κ2) is 9.37. The van der Waals surface area contributed by atoms with E-state index in [-0.39, 0.29) is 37.0 Å². The summed E-state index contributed by atoms with van der Waals surface area (Å²) in [4.78, 5) is 35.5. The van der Waals surface area contributed by atoms with E-state index in [4.69, 9.17) is 18.9 Å². The number of allylic oxidation sites excluding steroid dienone is 2. The number of methoxy groups -OCH3 is 1. The molecule has 156 valence electrons. The molecule has 28 heavy (non-hydrogen) atoms. The van der Waals surface area contributed by atoms with Gasteiger partial charge >= 0.3 is 17.9 Å². The van der Waals surface area contributed by atoms with Crippen LogP contribution in [0, 0.1) is 5.92 Å². The lowest BCUT2D eigenvalue weighted by Gasteiger charge is -2.29. The Morgan fingerprint density at radius 2 is 2.04 bits per heavy atom. The van der Waals surface area contributed by atoms with E-state index in [9.17, 15) is 14.4 Å². The van der Waals surface area contributed by atoms with Crippen molar-refractivity contribution >= 4 is 17.9 Å². The molecule has 0 unspecified atom stereocenters. The van der Waals surface area contributed by atoms with Crippen molar-refractivity contribution in [2.75, 3.05) is 13.7 Å². The second-order valence-electron chi connectivity index (χ2n) is 7.45. The summed E-state index contributed by atoms with van der Waals surface area (Å²) in [5.74, 6) is -1.13. The van der Waals surface area contributed by atoms with Crippen molar-refractivity contribution < 1.29 is 33.3 Å². The molecule has 1 fully saturated rings. The Kier molecular flexibility index (Phi) is 7.41. The number of ether oxygens (including phenoxy) is 4. The molecule has 2 aliphatic rings. The molecular weight excluding hydrogens is 364 g/mol. The Morgan fingerprint density at radius 1 is 1.32 bits per heavy atom. The maximum Gasteiger partial charge on any atom is 0.333 e. The number of fused-ring (bicyclic) bond motifs is 1. The molecule has 7 heteroatoms. The fourth-order valence-corrected chi connectivity index (χ4v) is 3.63. The van der Waals surface area contributed by atoms with E-state index in [2.05, 4.69) is 6.58 Å². The number of carbonyl (C=O) groups excluding carboxylic acids is 3. The van der Waals surface area contributed by atoms with E-state index in [0.717, 1.165) is 5.57 Å². The molecule has 4 atom stereocenters. The van der Waals surface area contributed by atoms with Crippen LogP contribution in [0.5, 0.6) is 0 Å². The SMILES string of the molecule is C=C(C)[C@H]1C/C=C(\C(=O)OC)CC[C@H]2O[C@]2(COC(=O)CC)[C@@H](OC(C)=O)C1. The molecule has 0 aromatic carbocycles. The highest BCUT2D eigenvalue weighted by Gasteiger charge is 2.64. The zero-order valence-corrected chi connectivity index (χ0v) is 17.1. The van der Waals surface area contributed by atoms with Crippen molar-refractivity contribution in [3.63, 3.8) is 0 Å². The van der Waals surface area contributed by atoms with Gasteiger partial charge in [0.1, 0.15) is 12.7 Å². The molecule has 0 radical (unpaired) electrons. The molecular formula is C21H30O7. The van der Waals surface area contributed by atoms with Crippen LogP contribution in [-0.4, -0.2) is 49.4 Å². The maximum atomic E-state index is 12.1. The summed E-state index contributed by atoms with van der Waals surface area (Å²) >= 11 is 0. The van der Waals surface area contributed by atoms with Crippen LogP contribution in [0.25, 0.3) is 0 Å². The normalized spacial score (nSPS) is 31.4. The minimum atomic E-state index is -0.886. The van der Waals surface area contributed by atoms with E-state index in [1.807, 2.05) is 13.0 Å². The van der Waals surface area contributed by atoms with E-state index in [0.29, 0.717) is 31.3 Å². The minimum absolute atomic E-state index is 0.0163. The minimum Gasteiger partial charge on any atom is -0.466 e. The van der Waals surface area contributed by atoms with Crippen LogP contribution < -0.4 is 0 Å². The van der Waals surface area contributed by atoms with Crippen molar-refractivity contribution in [2.24, 2.45) is 5.92 Å².